The second-order valence-electron chi connectivity index (χ2n) is 3.89. The summed E-state index contributed by atoms with van der Waals surface area (Å²) in [5.74, 6) is 0.695. The molecule has 7 heteroatoms. The van der Waals surface area contributed by atoms with Crippen LogP contribution in [0.15, 0.2) is 12.3 Å². The highest BCUT2D eigenvalue weighted by molar-refractivity contribution is 7.92. The third-order valence-corrected chi connectivity index (χ3v) is 3.97. The lowest BCUT2D eigenvalue weighted by Crippen LogP contribution is -2.44. The molecule has 2 N–H and O–H groups in total. The van der Waals surface area contributed by atoms with Crippen molar-refractivity contribution in [1.29, 1.82) is 0 Å². The fraction of sp³-hybridized carbons (Fsp3) is 0.667. The molecule has 0 bridgehead atoms. The number of nitrogens with one attached hydrogen (secondary N) is 2. The SMILES string of the molecule is CCCS(=O)(=O)Nc1ccnn1C1CNC1. The monoisotopic (exact) mass is 244 g/mol. The predicted molar refractivity (Wildman–Crippen MR) is 61.8 cm³/mol. The van der Waals surface area contributed by atoms with E-state index in [-0.39, 0.29) is 11.8 Å². The Bertz CT molecular complexity index is 450. The van der Waals surface area contributed by atoms with Gasteiger partial charge in [-0.05, 0) is 6.42 Å². The average Bonchev–Trinajstić information content (AvgIpc) is 2.49. The molecule has 1 aliphatic rings. The first-order chi connectivity index (χ1) is 7.62. The molecule has 1 aliphatic heterocycles. The number of aromatic nitrogens is 2. The molecule has 2 rings (SSSR count). The molecule has 90 valence electrons. The molecule has 1 saturated heterocycles. The first kappa shape index (κ1) is 11.4. The molecular formula is C9H16N4O2S. The molecule has 0 aliphatic carbocycles. The summed E-state index contributed by atoms with van der Waals surface area (Å²) in [5, 5.41) is 7.26. The van der Waals surface area contributed by atoms with E-state index in [9.17, 15) is 8.42 Å². The zero-order chi connectivity index (χ0) is 11.6. The van der Waals surface area contributed by atoms with Crippen LogP contribution in [-0.4, -0.2) is 37.0 Å². The minimum atomic E-state index is -3.23. The molecule has 2 heterocycles. The Morgan fingerprint density at radius 3 is 2.94 bits per heavy atom. The van der Waals surface area contributed by atoms with E-state index >= 15 is 0 Å². The maximum Gasteiger partial charge on any atom is 0.233 e. The molecule has 1 fully saturated rings. The van der Waals surface area contributed by atoms with Gasteiger partial charge in [-0.1, -0.05) is 6.92 Å². The number of anilines is 1. The van der Waals surface area contributed by atoms with E-state index in [1.54, 1.807) is 16.9 Å². The van der Waals surface area contributed by atoms with Crippen molar-refractivity contribution in [3.63, 3.8) is 0 Å². The van der Waals surface area contributed by atoms with Gasteiger partial charge in [0.1, 0.15) is 5.82 Å². The van der Waals surface area contributed by atoms with E-state index in [1.165, 1.54) is 0 Å². The summed E-state index contributed by atoms with van der Waals surface area (Å²) in [4.78, 5) is 0. The minimum Gasteiger partial charge on any atom is -0.312 e. The van der Waals surface area contributed by atoms with Crippen molar-refractivity contribution in [3.8, 4) is 0 Å². The standard InChI is InChI=1S/C9H16N4O2S/c1-2-5-16(14,15)12-9-3-4-11-13(9)8-6-10-7-8/h3-4,8,10,12H,2,5-7H2,1H3. The van der Waals surface area contributed by atoms with E-state index in [0.717, 1.165) is 13.1 Å². The summed E-state index contributed by atoms with van der Waals surface area (Å²) in [6.07, 6.45) is 2.22. The van der Waals surface area contributed by atoms with Gasteiger partial charge in [-0.3, -0.25) is 4.72 Å². The Balaban J connectivity index is 2.12. The van der Waals surface area contributed by atoms with Crippen LogP contribution in [0.4, 0.5) is 5.82 Å². The lowest BCUT2D eigenvalue weighted by molar-refractivity contribution is 0.322. The average molecular weight is 244 g/mol. The Labute approximate surface area is 95.1 Å². The Kier molecular flexibility index (Phi) is 3.15. The van der Waals surface area contributed by atoms with Gasteiger partial charge < -0.3 is 5.32 Å². The lowest BCUT2D eigenvalue weighted by atomic mass is 10.2. The highest BCUT2D eigenvalue weighted by Crippen LogP contribution is 2.18. The summed E-state index contributed by atoms with van der Waals surface area (Å²) in [6, 6.07) is 1.94. The van der Waals surface area contributed by atoms with Gasteiger partial charge in [-0.25, -0.2) is 13.1 Å². The molecule has 0 atom stereocenters. The summed E-state index contributed by atoms with van der Waals surface area (Å²) in [5.41, 5.74) is 0. The van der Waals surface area contributed by atoms with E-state index in [4.69, 9.17) is 0 Å². The van der Waals surface area contributed by atoms with Gasteiger partial charge in [0.05, 0.1) is 18.0 Å². The molecule has 6 nitrogen and oxygen atoms in total. The summed E-state index contributed by atoms with van der Waals surface area (Å²) >= 11 is 0. The zero-order valence-electron chi connectivity index (χ0n) is 9.18. The highest BCUT2D eigenvalue weighted by atomic mass is 32.2. The number of rotatable bonds is 5. The van der Waals surface area contributed by atoms with Gasteiger partial charge in [-0.15, -0.1) is 0 Å². The van der Waals surface area contributed by atoms with Crippen LogP contribution in [0.25, 0.3) is 0 Å². The van der Waals surface area contributed by atoms with Gasteiger partial charge in [0.15, 0.2) is 0 Å². The third-order valence-electron chi connectivity index (χ3n) is 2.51. The van der Waals surface area contributed by atoms with Gasteiger partial charge in [0.25, 0.3) is 0 Å². The van der Waals surface area contributed by atoms with Crippen molar-refractivity contribution >= 4 is 15.8 Å². The first-order valence-corrected chi connectivity index (χ1v) is 7.02. The molecule has 0 spiro atoms. The van der Waals surface area contributed by atoms with Crippen molar-refractivity contribution < 1.29 is 8.42 Å². The van der Waals surface area contributed by atoms with Crippen LogP contribution in [0.2, 0.25) is 0 Å². The second kappa shape index (κ2) is 4.42. The van der Waals surface area contributed by atoms with Crippen molar-refractivity contribution in [3.05, 3.63) is 12.3 Å². The topological polar surface area (TPSA) is 76.0 Å². The zero-order valence-corrected chi connectivity index (χ0v) is 10.00. The van der Waals surface area contributed by atoms with E-state index in [2.05, 4.69) is 15.1 Å². The van der Waals surface area contributed by atoms with Gasteiger partial charge >= 0.3 is 0 Å². The van der Waals surface area contributed by atoms with Gasteiger partial charge in [-0.2, -0.15) is 5.10 Å². The van der Waals surface area contributed by atoms with E-state index in [1.807, 2.05) is 6.92 Å². The van der Waals surface area contributed by atoms with Crippen LogP contribution in [0.3, 0.4) is 0 Å². The quantitative estimate of drug-likeness (QED) is 0.774. The Morgan fingerprint density at radius 2 is 2.38 bits per heavy atom. The maximum atomic E-state index is 11.6. The predicted octanol–water partition coefficient (Wildman–Crippen LogP) is 0.179. The van der Waals surface area contributed by atoms with Crippen molar-refractivity contribution in [2.24, 2.45) is 0 Å². The normalized spacial score (nSPS) is 17.1. The van der Waals surface area contributed by atoms with Gasteiger partial charge in [0.2, 0.25) is 10.0 Å². The number of nitrogens with zero attached hydrogens (tertiary/aromatic N) is 2. The van der Waals surface area contributed by atoms with Crippen LogP contribution in [0.5, 0.6) is 0 Å². The van der Waals surface area contributed by atoms with Crippen molar-refractivity contribution in [2.45, 2.75) is 19.4 Å². The summed E-state index contributed by atoms with van der Waals surface area (Å²) in [6.45, 7) is 3.51. The summed E-state index contributed by atoms with van der Waals surface area (Å²) < 4.78 is 27.5. The lowest BCUT2D eigenvalue weighted by Gasteiger charge is -2.28. The molecule has 0 unspecified atom stereocenters. The number of sulfonamides is 1. The molecule has 16 heavy (non-hydrogen) atoms. The fourth-order valence-electron chi connectivity index (χ4n) is 1.61. The smallest absolute Gasteiger partial charge is 0.233 e. The molecule has 1 aromatic rings. The minimum absolute atomic E-state index is 0.140. The van der Waals surface area contributed by atoms with Crippen molar-refractivity contribution in [1.82, 2.24) is 15.1 Å². The van der Waals surface area contributed by atoms with Crippen LogP contribution < -0.4 is 10.0 Å². The largest absolute Gasteiger partial charge is 0.312 e. The molecule has 0 saturated carbocycles. The van der Waals surface area contributed by atoms with Crippen LogP contribution in [-0.2, 0) is 10.0 Å². The molecule has 0 aromatic carbocycles. The maximum absolute atomic E-state index is 11.6. The van der Waals surface area contributed by atoms with Crippen LogP contribution >= 0.6 is 0 Å². The molecule has 0 radical (unpaired) electrons. The highest BCUT2D eigenvalue weighted by Gasteiger charge is 2.23. The number of hydrogen-bond donors (Lipinski definition) is 2. The molecule has 1 aromatic heterocycles. The van der Waals surface area contributed by atoms with E-state index in [0.29, 0.717) is 12.2 Å². The third kappa shape index (κ3) is 2.35. The second-order valence-corrected chi connectivity index (χ2v) is 5.74. The van der Waals surface area contributed by atoms with Crippen molar-refractivity contribution in [2.75, 3.05) is 23.6 Å². The van der Waals surface area contributed by atoms with Crippen LogP contribution in [0, 0.1) is 0 Å². The first-order valence-electron chi connectivity index (χ1n) is 5.37. The Hall–Kier alpha value is -1.08. The van der Waals surface area contributed by atoms with Crippen LogP contribution in [0.1, 0.15) is 19.4 Å². The number of hydrogen-bond acceptors (Lipinski definition) is 4. The van der Waals surface area contributed by atoms with Gasteiger partial charge in [0, 0.05) is 19.2 Å². The molecular weight excluding hydrogens is 228 g/mol. The Morgan fingerprint density at radius 1 is 1.62 bits per heavy atom. The summed E-state index contributed by atoms with van der Waals surface area (Å²) in [7, 11) is -3.23. The fourth-order valence-corrected chi connectivity index (χ4v) is 2.73. The molecule has 0 amide bonds. The van der Waals surface area contributed by atoms with E-state index < -0.39 is 10.0 Å².